The van der Waals surface area contributed by atoms with E-state index in [2.05, 4.69) is 10.6 Å². The van der Waals surface area contributed by atoms with Gasteiger partial charge in [-0.15, -0.1) is 0 Å². The number of hydrogen-bond donors (Lipinski definition) is 2. The number of morpholine rings is 1. The lowest BCUT2D eigenvalue weighted by atomic mass is 10.1. The molecule has 2 aromatic rings. The van der Waals surface area contributed by atoms with Gasteiger partial charge in [0.15, 0.2) is 0 Å². The molecule has 1 aliphatic rings. The van der Waals surface area contributed by atoms with Crippen LogP contribution in [-0.4, -0.2) is 31.2 Å². The van der Waals surface area contributed by atoms with Crippen LogP contribution in [0, 0.1) is 0 Å². The van der Waals surface area contributed by atoms with E-state index >= 15 is 0 Å². The van der Waals surface area contributed by atoms with E-state index in [1.165, 1.54) is 0 Å². The van der Waals surface area contributed by atoms with E-state index in [1.807, 2.05) is 61.5 Å². The molecule has 1 aliphatic heterocycles. The first-order valence-corrected chi connectivity index (χ1v) is 9.05. The molecule has 0 aliphatic carbocycles. The third-order valence-corrected chi connectivity index (χ3v) is 4.54. The third kappa shape index (κ3) is 5.14. The Labute approximate surface area is 154 Å². The molecule has 5 heteroatoms. The first kappa shape index (κ1) is 18.6. The van der Waals surface area contributed by atoms with Crippen LogP contribution in [0.3, 0.4) is 0 Å². The average Bonchev–Trinajstić information content (AvgIpc) is 2.68. The molecule has 26 heavy (non-hydrogen) atoms. The first-order valence-electron chi connectivity index (χ1n) is 9.05. The minimum absolute atomic E-state index is 0.0304. The van der Waals surface area contributed by atoms with Gasteiger partial charge in [0.2, 0.25) is 5.91 Å². The SMILES string of the molecule is C[C@H]1OCCN[C@@H]1C(=O)NCc1ccccc1COCc1ccccc1. The van der Waals surface area contributed by atoms with Crippen molar-refractivity contribution in [3.05, 3.63) is 71.3 Å². The Hall–Kier alpha value is -2.21. The van der Waals surface area contributed by atoms with E-state index in [0.717, 1.165) is 16.7 Å². The van der Waals surface area contributed by atoms with Crippen molar-refractivity contribution in [2.45, 2.75) is 38.8 Å². The van der Waals surface area contributed by atoms with Gasteiger partial charge in [-0.25, -0.2) is 0 Å². The van der Waals surface area contributed by atoms with E-state index in [4.69, 9.17) is 9.47 Å². The summed E-state index contributed by atoms with van der Waals surface area (Å²) in [5, 5.41) is 6.22. The summed E-state index contributed by atoms with van der Waals surface area (Å²) in [5.74, 6) is -0.0304. The Bertz CT molecular complexity index is 705. The van der Waals surface area contributed by atoms with Crippen molar-refractivity contribution in [2.24, 2.45) is 0 Å². The molecule has 1 saturated heterocycles. The molecule has 2 aromatic carbocycles. The highest BCUT2D eigenvalue weighted by Gasteiger charge is 2.27. The molecule has 0 bridgehead atoms. The summed E-state index contributed by atoms with van der Waals surface area (Å²) < 4.78 is 11.4. The van der Waals surface area contributed by atoms with Crippen LogP contribution in [0.25, 0.3) is 0 Å². The summed E-state index contributed by atoms with van der Waals surface area (Å²) in [6.45, 7) is 4.83. The lowest BCUT2D eigenvalue weighted by molar-refractivity contribution is -0.129. The Morgan fingerprint density at radius 2 is 1.85 bits per heavy atom. The van der Waals surface area contributed by atoms with Crippen molar-refractivity contribution in [3.8, 4) is 0 Å². The van der Waals surface area contributed by atoms with E-state index < -0.39 is 0 Å². The second-order valence-electron chi connectivity index (χ2n) is 6.47. The molecule has 0 saturated carbocycles. The van der Waals surface area contributed by atoms with Gasteiger partial charge >= 0.3 is 0 Å². The van der Waals surface area contributed by atoms with Gasteiger partial charge in [-0.05, 0) is 23.6 Å². The highest BCUT2D eigenvalue weighted by atomic mass is 16.5. The molecule has 2 atom stereocenters. The van der Waals surface area contributed by atoms with Crippen LogP contribution < -0.4 is 10.6 Å². The van der Waals surface area contributed by atoms with Gasteiger partial charge in [-0.1, -0.05) is 54.6 Å². The number of carbonyl (C=O) groups is 1. The fraction of sp³-hybridized carbons (Fsp3) is 0.381. The lowest BCUT2D eigenvalue weighted by Gasteiger charge is -2.29. The van der Waals surface area contributed by atoms with Gasteiger partial charge in [0.25, 0.3) is 0 Å². The quantitative estimate of drug-likeness (QED) is 0.802. The number of ether oxygens (including phenoxy) is 2. The highest BCUT2D eigenvalue weighted by molar-refractivity contribution is 5.82. The number of hydrogen-bond acceptors (Lipinski definition) is 4. The van der Waals surface area contributed by atoms with Crippen LogP contribution in [0.2, 0.25) is 0 Å². The second-order valence-corrected chi connectivity index (χ2v) is 6.47. The number of rotatable bonds is 7. The van der Waals surface area contributed by atoms with Gasteiger partial charge in [0, 0.05) is 13.1 Å². The van der Waals surface area contributed by atoms with Gasteiger partial charge in [-0.3, -0.25) is 4.79 Å². The van der Waals surface area contributed by atoms with Crippen molar-refractivity contribution in [1.29, 1.82) is 0 Å². The minimum Gasteiger partial charge on any atom is -0.375 e. The van der Waals surface area contributed by atoms with E-state index in [0.29, 0.717) is 32.9 Å². The zero-order valence-electron chi connectivity index (χ0n) is 15.1. The van der Waals surface area contributed by atoms with Crippen molar-refractivity contribution in [2.75, 3.05) is 13.2 Å². The molecule has 0 radical (unpaired) electrons. The summed E-state index contributed by atoms with van der Waals surface area (Å²) in [6.07, 6.45) is -0.117. The zero-order chi connectivity index (χ0) is 18.2. The number of carbonyl (C=O) groups excluding carboxylic acids is 1. The predicted molar refractivity (Wildman–Crippen MR) is 100 cm³/mol. The van der Waals surface area contributed by atoms with Crippen LogP contribution in [0.15, 0.2) is 54.6 Å². The van der Waals surface area contributed by atoms with E-state index in [9.17, 15) is 4.79 Å². The van der Waals surface area contributed by atoms with Crippen LogP contribution in [0.1, 0.15) is 23.6 Å². The van der Waals surface area contributed by atoms with Gasteiger partial charge < -0.3 is 20.1 Å². The van der Waals surface area contributed by atoms with Gasteiger partial charge in [0.1, 0.15) is 6.04 Å². The Kier molecular flexibility index (Phi) is 6.77. The maximum Gasteiger partial charge on any atom is 0.240 e. The largest absolute Gasteiger partial charge is 0.375 e. The maximum absolute atomic E-state index is 12.4. The molecule has 5 nitrogen and oxygen atoms in total. The third-order valence-electron chi connectivity index (χ3n) is 4.54. The van der Waals surface area contributed by atoms with Crippen LogP contribution in [-0.2, 0) is 34.0 Å². The number of nitrogens with one attached hydrogen (secondary N) is 2. The van der Waals surface area contributed by atoms with Gasteiger partial charge in [0.05, 0.1) is 25.9 Å². The number of benzene rings is 2. The fourth-order valence-electron chi connectivity index (χ4n) is 3.04. The molecule has 0 spiro atoms. The van der Waals surface area contributed by atoms with Crippen LogP contribution >= 0.6 is 0 Å². The van der Waals surface area contributed by atoms with Gasteiger partial charge in [-0.2, -0.15) is 0 Å². The van der Waals surface area contributed by atoms with Crippen molar-refractivity contribution in [3.63, 3.8) is 0 Å². The van der Waals surface area contributed by atoms with Crippen molar-refractivity contribution in [1.82, 2.24) is 10.6 Å². The molecule has 1 amide bonds. The maximum atomic E-state index is 12.4. The van der Waals surface area contributed by atoms with Crippen LogP contribution in [0.4, 0.5) is 0 Å². The molecule has 1 fully saturated rings. The standard InChI is InChI=1S/C21H26N2O3/c1-16-20(22-11-12-26-16)21(24)23-13-18-9-5-6-10-19(18)15-25-14-17-7-3-2-4-8-17/h2-10,16,20,22H,11-15H2,1H3,(H,23,24)/t16-,20+/m1/s1. The molecule has 0 aromatic heterocycles. The summed E-state index contributed by atoms with van der Waals surface area (Å²) in [5.41, 5.74) is 3.30. The zero-order valence-corrected chi connectivity index (χ0v) is 15.1. The first-order chi connectivity index (χ1) is 12.7. The fourth-order valence-corrected chi connectivity index (χ4v) is 3.04. The highest BCUT2D eigenvalue weighted by Crippen LogP contribution is 2.12. The van der Waals surface area contributed by atoms with E-state index in [1.54, 1.807) is 0 Å². The molecule has 3 rings (SSSR count). The lowest BCUT2D eigenvalue weighted by Crippen LogP contribution is -2.55. The van der Waals surface area contributed by atoms with Crippen LogP contribution in [0.5, 0.6) is 0 Å². The Balaban J connectivity index is 1.52. The average molecular weight is 354 g/mol. The molecular weight excluding hydrogens is 328 g/mol. The summed E-state index contributed by atoms with van der Waals surface area (Å²) in [7, 11) is 0. The molecule has 2 N–H and O–H groups in total. The molecule has 1 heterocycles. The molecule has 138 valence electrons. The summed E-state index contributed by atoms with van der Waals surface area (Å²) in [4.78, 5) is 12.4. The normalized spacial score (nSPS) is 19.9. The molecular formula is C21H26N2O3. The predicted octanol–water partition coefficient (Wildman–Crippen LogP) is 2.40. The Morgan fingerprint density at radius 3 is 2.62 bits per heavy atom. The van der Waals surface area contributed by atoms with Crippen molar-refractivity contribution < 1.29 is 14.3 Å². The second kappa shape index (κ2) is 9.48. The minimum atomic E-state index is -0.301. The van der Waals surface area contributed by atoms with Crippen molar-refractivity contribution >= 4 is 5.91 Å². The molecule has 0 unspecified atom stereocenters. The monoisotopic (exact) mass is 354 g/mol. The smallest absolute Gasteiger partial charge is 0.240 e. The van der Waals surface area contributed by atoms with E-state index in [-0.39, 0.29) is 18.1 Å². The summed E-state index contributed by atoms with van der Waals surface area (Å²) in [6, 6.07) is 17.8. The summed E-state index contributed by atoms with van der Waals surface area (Å²) >= 11 is 0. The number of amides is 1. The Morgan fingerprint density at radius 1 is 1.12 bits per heavy atom. The topological polar surface area (TPSA) is 59.6 Å².